The number of ether oxygens (including phenoxy) is 3. The number of carbonyl (C=O) groups excluding carboxylic acids is 1. The summed E-state index contributed by atoms with van der Waals surface area (Å²) < 4.78 is 15.8. The van der Waals surface area contributed by atoms with Gasteiger partial charge in [0.2, 0.25) is 5.75 Å². The zero-order chi connectivity index (χ0) is 20.1. The van der Waals surface area contributed by atoms with Crippen molar-refractivity contribution in [1.82, 2.24) is 4.98 Å². The van der Waals surface area contributed by atoms with Crippen LogP contribution in [0.15, 0.2) is 47.7 Å². The van der Waals surface area contributed by atoms with E-state index in [9.17, 15) is 4.79 Å². The van der Waals surface area contributed by atoms with Crippen LogP contribution in [0.4, 0.5) is 5.69 Å². The SMILES string of the molecule is COc1cc(/C=N/Nc2ccnc3cc(Cl)ccc23)cc(OC)c1OC(C)=O. The van der Waals surface area contributed by atoms with E-state index in [4.69, 9.17) is 25.8 Å². The second-order valence-electron chi connectivity index (χ2n) is 5.74. The highest BCUT2D eigenvalue weighted by atomic mass is 35.5. The lowest BCUT2D eigenvalue weighted by molar-refractivity contribution is -0.132. The summed E-state index contributed by atoms with van der Waals surface area (Å²) in [7, 11) is 2.96. The molecule has 1 N–H and O–H groups in total. The van der Waals surface area contributed by atoms with E-state index >= 15 is 0 Å². The van der Waals surface area contributed by atoms with Crippen LogP contribution in [0.2, 0.25) is 5.02 Å². The van der Waals surface area contributed by atoms with Crippen molar-refractivity contribution in [2.24, 2.45) is 5.10 Å². The van der Waals surface area contributed by atoms with Crippen molar-refractivity contribution in [1.29, 1.82) is 0 Å². The number of pyridine rings is 1. The average molecular weight is 400 g/mol. The maximum atomic E-state index is 11.3. The molecule has 0 aliphatic carbocycles. The Bertz CT molecular complexity index is 1030. The van der Waals surface area contributed by atoms with E-state index in [2.05, 4.69) is 15.5 Å². The molecule has 0 aliphatic heterocycles. The monoisotopic (exact) mass is 399 g/mol. The van der Waals surface area contributed by atoms with Crippen LogP contribution in [0.3, 0.4) is 0 Å². The van der Waals surface area contributed by atoms with E-state index in [0.29, 0.717) is 22.1 Å². The Morgan fingerprint density at radius 1 is 1.14 bits per heavy atom. The molecule has 2 aromatic carbocycles. The molecule has 0 atom stereocenters. The second kappa shape index (κ2) is 8.58. The maximum absolute atomic E-state index is 11.3. The van der Waals surface area contributed by atoms with Crippen molar-refractivity contribution in [2.45, 2.75) is 6.92 Å². The van der Waals surface area contributed by atoms with Gasteiger partial charge in [-0.25, -0.2) is 0 Å². The van der Waals surface area contributed by atoms with Gasteiger partial charge in [0.15, 0.2) is 11.5 Å². The fraction of sp³-hybridized carbons (Fsp3) is 0.150. The molecule has 0 spiro atoms. The van der Waals surface area contributed by atoms with Gasteiger partial charge in [-0.15, -0.1) is 0 Å². The highest BCUT2D eigenvalue weighted by molar-refractivity contribution is 6.31. The zero-order valence-electron chi connectivity index (χ0n) is 15.5. The first-order chi connectivity index (χ1) is 13.5. The van der Waals surface area contributed by atoms with E-state index in [-0.39, 0.29) is 5.75 Å². The van der Waals surface area contributed by atoms with Gasteiger partial charge < -0.3 is 14.2 Å². The molecule has 0 saturated carbocycles. The molecule has 0 fully saturated rings. The number of aromatic nitrogens is 1. The Hall–Kier alpha value is -3.32. The van der Waals surface area contributed by atoms with Crippen LogP contribution < -0.4 is 19.6 Å². The highest BCUT2D eigenvalue weighted by Gasteiger charge is 2.15. The number of benzene rings is 2. The first-order valence-electron chi connectivity index (χ1n) is 8.29. The summed E-state index contributed by atoms with van der Waals surface area (Å²) in [5.41, 5.74) is 5.24. The molecule has 1 heterocycles. The maximum Gasteiger partial charge on any atom is 0.308 e. The lowest BCUT2D eigenvalue weighted by atomic mass is 10.2. The minimum atomic E-state index is -0.468. The zero-order valence-corrected chi connectivity index (χ0v) is 16.3. The normalized spacial score (nSPS) is 10.9. The molecule has 28 heavy (non-hydrogen) atoms. The number of hydrogen-bond donors (Lipinski definition) is 1. The second-order valence-corrected chi connectivity index (χ2v) is 6.17. The minimum Gasteiger partial charge on any atom is -0.493 e. The van der Waals surface area contributed by atoms with Crippen LogP contribution in [0.5, 0.6) is 17.2 Å². The predicted octanol–water partition coefficient (Wildman–Crippen LogP) is 4.28. The average Bonchev–Trinajstić information content (AvgIpc) is 2.68. The summed E-state index contributed by atoms with van der Waals surface area (Å²) in [5.74, 6) is 0.476. The van der Waals surface area contributed by atoms with Gasteiger partial charge >= 0.3 is 5.97 Å². The van der Waals surface area contributed by atoms with Gasteiger partial charge in [0, 0.05) is 29.1 Å². The fourth-order valence-electron chi connectivity index (χ4n) is 2.61. The smallest absolute Gasteiger partial charge is 0.308 e. The van der Waals surface area contributed by atoms with Crippen LogP contribution in [0.25, 0.3) is 10.9 Å². The summed E-state index contributed by atoms with van der Waals surface area (Å²) in [4.78, 5) is 15.6. The van der Waals surface area contributed by atoms with Gasteiger partial charge in [0.1, 0.15) is 0 Å². The third-order valence-corrected chi connectivity index (χ3v) is 4.07. The number of carbonyl (C=O) groups is 1. The van der Waals surface area contributed by atoms with Crippen LogP contribution in [0, 0.1) is 0 Å². The standard InChI is InChI=1S/C20H18ClN3O4/c1-12(25)28-20-18(26-2)8-13(9-19(20)27-3)11-23-24-16-6-7-22-17-10-14(21)4-5-15(16)17/h4-11H,1-3H3,(H,22,24)/b23-11+. The molecule has 1 aromatic heterocycles. The number of esters is 1. The highest BCUT2D eigenvalue weighted by Crippen LogP contribution is 2.38. The summed E-state index contributed by atoms with van der Waals surface area (Å²) in [6.07, 6.45) is 3.28. The summed E-state index contributed by atoms with van der Waals surface area (Å²) >= 11 is 6.01. The topological polar surface area (TPSA) is 82.0 Å². The number of fused-ring (bicyclic) bond motifs is 1. The van der Waals surface area contributed by atoms with Gasteiger partial charge in [-0.1, -0.05) is 11.6 Å². The number of hydrazone groups is 1. The Morgan fingerprint density at radius 3 is 2.50 bits per heavy atom. The van der Waals surface area contributed by atoms with Crippen molar-refractivity contribution < 1.29 is 19.0 Å². The first kappa shape index (κ1) is 19.4. The van der Waals surface area contributed by atoms with E-state index in [0.717, 1.165) is 16.6 Å². The quantitative estimate of drug-likeness (QED) is 0.288. The molecule has 0 unspecified atom stereocenters. The van der Waals surface area contributed by atoms with Gasteiger partial charge in [0.25, 0.3) is 0 Å². The van der Waals surface area contributed by atoms with Crippen molar-refractivity contribution in [3.63, 3.8) is 0 Å². The number of methoxy groups -OCH3 is 2. The lowest BCUT2D eigenvalue weighted by Crippen LogP contribution is -2.05. The summed E-state index contributed by atoms with van der Waals surface area (Å²) in [5, 5.41) is 5.78. The molecule has 0 saturated heterocycles. The van der Waals surface area contributed by atoms with Gasteiger partial charge in [-0.3, -0.25) is 15.2 Å². The molecular weight excluding hydrogens is 382 g/mol. The van der Waals surface area contributed by atoms with E-state index in [1.54, 1.807) is 36.7 Å². The van der Waals surface area contributed by atoms with Gasteiger partial charge in [-0.05, 0) is 36.4 Å². The van der Waals surface area contributed by atoms with Gasteiger partial charge in [-0.2, -0.15) is 5.10 Å². The van der Waals surface area contributed by atoms with Crippen molar-refractivity contribution in [3.05, 3.63) is 53.2 Å². The number of hydrogen-bond acceptors (Lipinski definition) is 7. The Morgan fingerprint density at radius 2 is 1.86 bits per heavy atom. The molecule has 0 aliphatic rings. The predicted molar refractivity (Wildman–Crippen MR) is 109 cm³/mol. The first-order valence-corrected chi connectivity index (χ1v) is 8.67. The molecule has 0 radical (unpaired) electrons. The molecule has 0 amide bonds. The molecule has 7 nitrogen and oxygen atoms in total. The van der Waals surface area contributed by atoms with E-state index in [1.807, 2.05) is 12.1 Å². The molecule has 3 rings (SSSR count). The van der Waals surface area contributed by atoms with Gasteiger partial charge in [0.05, 0.1) is 31.6 Å². The molecule has 8 heteroatoms. The third-order valence-electron chi connectivity index (χ3n) is 3.83. The summed E-state index contributed by atoms with van der Waals surface area (Å²) in [6.45, 7) is 1.31. The number of anilines is 1. The molecule has 0 bridgehead atoms. The van der Waals surface area contributed by atoms with Crippen molar-refractivity contribution in [3.8, 4) is 17.2 Å². The molecular formula is C20H18ClN3O4. The Kier molecular flexibility index (Phi) is 5.96. The van der Waals surface area contributed by atoms with Crippen LogP contribution >= 0.6 is 11.6 Å². The number of nitrogens with one attached hydrogen (secondary N) is 1. The van der Waals surface area contributed by atoms with Crippen molar-refractivity contribution in [2.75, 3.05) is 19.6 Å². The van der Waals surface area contributed by atoms with Crippen LogP contribution in [0.1, 0.15) is 12.5 Å². The fourth-order valence-corrected chi connectivity index (χ4v) is 2.78. The van der Waals surface area contributed by atoms with Crippen LogP contribution in [-0.2, 0) is 4.79 Å². The lowest BCUT2D eigenvalue weighted by Gasteiger charge is -2.13. The van der Waals surface area contributed by atoms with E-state index < -0.39 is 5.97 Å². The minimum absolute atomic E-state index is 0.222. The number of halogens is 1. The Labute approximate surface area is 166 Å². The third kappa shape index (κ3) is 4.32. The van der Waals surface area contributed by atoms with E-state index in [1.165, 1.54) is 21.1 Å². The molecule has 144 valence electrons. The molecule has 3 aromatic rings. The number of nitrogens with zero attached hydrogens (tertiary/aromatic N) is 2. The largest absolute Gasteiger partial charge is 0.493 e. The summed E-state index contributed by atoms with van der Waals surface area (Å²) in [6, 6.07) is 10.7. The van der Waals surface area contributed by atoms with Crippen LogP contribution in [-0.4, -0.2) is 31.4 Å². The number of rotatable bonds is 6. The Balaban J connectivity index is 1.88. The van der Waals surface area contributed by atoms with Crippen molar-refractivity contribution >= 4 is 40.4 Å².